The summed E-state index contributed by atoms with van der Waals surface area (Å²) in [5, 5.41) is 9.36. The quantitative estimate of drug-likeness (QED) is 0.540. The zero-order chi connectivity index (χ0) is 14.4. The fourth-order valence-electron chi connectivity index (χ4n) is 2.85. The van der Waals surface area contributed by atoms with Crippen molar-refractivity contribution in [3.8, 4) is 0 Å². The molecule has 0 spiro atoms. The molecule has 1 aromatic heterocycles. The Morgan fingerprint density at radius 3 is 2.70 bits per heavy atom. The standard InChI is InChI=1S/C14H25N5O/c1-2-12-16-13(18-15)10-14(17-12)19(8-9-20)11-6-4-3-5-7-11/h10-11,20H,2-9,15H2,1H3,(H,16,17,18). The van der Waals surface area contributed by atoms with E-state index in [9.17, 15) is 5.11 Å². The minimum Gasteiger partial charge on any atom is -0.395 e. The lowest BCUT2D eigenvalue weighted by Crippen LogP contribution is -2.39. The highest BCUT2D eigenvalue weighted by Crippen LogP contribution is 2.27. The Kier molecular flexibility index (Phi) is 5.55. The van der Waals surface area contributed by atoms with Crippen LogP contribution in [0.1, 0.15) is 44.9 Å². The maximum atomic E-state index is 9.36. The highest BCUT2D eigenvalue weighted by atomic mass is 16.3. The van der Waals surface area contributed by atoms with Gasteiger partial charge in [-0.2, -0.15) is 0 Å². The van der Waals surface area contributed by atoms with Crippen LogP contribution in [0.2, 0.25) is 0 Å². The molecule has 1 aromatic rings. The maximum Gasteiger partial charge on any atom is 0.145 e. The Morgan fingerprint density at radius 2 is 2.10 bits per heavy atom. The second-order valence-electron chi connectivity index (χ2n) is 5.23. The van der Waals surface area contributed by atoms with Crippen molar-refractivity contribution in [1.29, 1.82) is 0 Å². The van der Waals surface area contributed by atoms with Crippen molar-refractivity contribution < 1.29 is 5.11 Å². The first-order valence-corrected chi connectivity index (χ1v) is 7.50. The Labute approximate surface area is 120 Å². The largest absolute Gasteiger partial charge is 0.395 e. The summed E-state index contributed by atoms with van der Waals surface area (Å²) in [6, 6.07) is 2.32. The Balaban J connectivity index is 2.27. The van der Waals surface area contributed by atoms with Gasteiger partial charge in [0.1, 0.15) is 17.5 Å². The minimum absolute atomic E-state index is 0.132. The summed E-state index contributed by atoms with van der Waals surface area (Å²) < 4.78 is 0. The summed E-state index contributed by atoms with van der Waals surface area (Å²) in [6.07, 6.45) is 6.90. The van der Waals surface area contributed by atoms with Crippen molar-refractivity contribution in [2.24, 2.45) is 5.84 Å². The van der Waals surface area contributed by atoms with Gasteiger partial charge in [-0.1, -0.05) is 26.2 Å². The summed E-state index contributed by atoms with van der Waals surface area (Å²) in [5.74, 6) is 7.76. The Morgan fingerprint density at radius 1 is 1.35 bits per heavy atom. The van der Waals surface area contributed by atoms with E-state index in [4.69, 9.17) is 5.84 Å². The minimum atomic E-state index is 0.132. The van der Waals surface area contributed by atoms with Gasteiger partial charge in [0, 0.05) is 25.1 Å². The van der Waals surface area contributed by atoms with Crippen LogP contribution in [0.25, 0.3) is 0 Å². The van der Waals surface area contributed by atoms with E-state index in [1.807, 2.05) is 13.0 Å². The molecule has 2 rings (SSSR count). The van der Waals surface area contributed by atoms with Crippen LogP contribution in [0.5, 0.6) is 0 Å². The predicted octanol–water partition coefficient (Wildman–Crippen LogP) is 1.46. The molecule has 0 radical (unpaired) electrons. The van der Waals surface area contributed by atoms with E-state index < -0.39 is 0 Å². The van der Waals surface area contributed by atoms with Crippen LogP contribution >= 0.6 is 0 Å². The molecule has 1 fully saturated rings. The first kappa shape index (κ1) is 15.0. The van der Waals surface area contributed by atoms with Crippen molar-refractivity contribution in [3.05, 3.63) is 11.9 Å². The molecule has 20 heavy (non-hydrogen) atoms. The first-order chi connectivity index (χ1) is 9.78. The fourth-order valence-corrected chi connectivity index (χ4v) is 2.85. The van der Waals surface area contributed by atoms with Gasteiger partial charge in [0.25, 0.3) is 0 Å². The summed E-state index contributed by atoms with van der Waals surface area (Å²) in [6.45, 7) is 2.76. The maximum absolute atomic E-state index is 9.36. The van der Waals surface area contributed by atoms with E-state index in [1.54, 1.807) is 0 Å². The van der Waals surface area contributed by atoms with Crippen molar-refractivity contribution in [3.63, 3.8) is 0 Å². The molecule has 0 aromatic carbocycles. The lowest BCUT2D eigenvalue weighted by atomic mass is 9.94. The van der Waals surface area contributed by atoms with Crippen LogP contribution in [-0.2, 0) is 6.42 Å². The molecule has 0 atom stereocenters. The number of nitrogens with zero attached hydrogens (tertiary/aromatic N) is 3. The number of nitrogen functional groups attached to an aromatic ring is 1. The number of nitrogens with one attached hydrogen (secondary N) is 1. The van der Waals surface area contributed by atoms with Crippen LogP contribution < -0.4 is 16.2 Å². The van der Waals surface area contributed by atoms with Gasteiger partial charge in [-0.25, -0.2) is 15.8 Å². The average Bonchev–Trinajstić information content (AvgIpc) is 2.52. The van der Waals surface area contributed by atoms with E-state index in [0.717, 1.165) is 30.9 Å². The zero-order valence-electron chi connectivity index (χ0n) is 12.2. The first-order valence-electron chi connectivity index (χ1n) is 7.50. The van der Waals surface area contributed by atoms with Crippen LogP contribution in [0, 0.1) is 0 Å². The normalized spacial score (nSPS) is 16.1. The molecule has 6 nitrogen and oxygen atoms in total. The van der Waals surface area contributed by atoms with Gasteiger partial charge >= 0.3 is 0 Å². The smallest absolute Gasteiger partial charge is 0.145 e. The summed E-state index contributed by atoms with van der Waals surface area (Å²) in [7, 11) is 0. The van der Waals surface area contributed by atoms with Gasteiger partial charge in [-0.15, -0.1) is 0 Å². The topological polar surface area (TPSA) is 87.3 Å². The molecule has 1 aliphatic carbocycles. The summed E-state index contributed by atoms with van der Waals surface area (Å²) >= 11 is 0. The summed E-state index contributed by atoms with van der Waals surface area (Å²) in [5.41, 5.74) is 2.60. The molecular weight excluding hydrogens is 254 g/mol. The van der Waals surface area contributed by atoms with Crippen LogP contribution in [0.4, 0.5) is 11.6 Å². The number of aliphatic hydroxyl groups is 1. The number of nitrogens with two attached hydrogens (primary N) is 1. The molecule has 1 aliphatic rings. The third-order valence-electron chi connectivity index (χ3n) is 3.87. The number of rotatable bonds is 6. The molecule has 4 N–H and O–H groups in total. The predicted molar refractivity (Wildman–Crippen MR) is 80.5 cm³/mol. The van der Waals surface area contributed by atoms with Gasteiger partial charge in [0.15, 0.2) is 0 Å². The van der Waals surface area contributed by atoms with E-state index in [1.165, 1.54) is 19.3 Å². The molecule has 1 heterocycles. The third kappa shape index (κ3) is 3.58. The van der Waals surface area contributed by atoms with Crippen LogP contribution in [-0.4, -0.2) is 34.3 Å². The second kappa shape index (κ2) is 7.40. The van der Waals surface area contributed by atoms with Crippen molar-refractivity contribution in [2.75, 3.05) is 23.5 Å². The number of anilines is 2. The van der Waals surface area contributed by atoms with Crippen molar-refractivity contribution in [1.82, 2.24) is 9.97 Å². The zero-order valence-corrected chi connectivity index (χ0v) is 12.2. The molecule has 1 saturated carbocycles. The number of aromatic nitrogens is 2. The Bertz CT molecular complexity index is 398. The van der Waals surface area contributed by atoms with E-state index >= 15 is 0 Å². The van der Waals surface area contributed by atoms with E-state index in [2.05, 4.69) is 20.3 Å². The summed E-state index contributed by atoms with van der Waals surface area (Å²) in [4.78, 5) is 11.1. The second-order valence-corrected chi connectivity index (χ2v) is 5.23. The van der Waals surface area contributed by atoms with Gasteiger partial charge in [-0.3, -0.25) is 0 Å². The molecule has 0 bridgehead atoms. The lowest BCUT2D eigenvalue weighted by Gasteiger charge is -2.35. The molecule has 6 heteroatoms. The van der Waals surface area contributed by atoms with Crippen molar-refractivity contribution >= 4 is 11.6 Å². The SMILES string of the molecule is CCc1nc(NN)cc(N(CCO)C2CCCCC2)n1. The fraction of sp³-hybridized carbons (Fsp3) is 0.714. The van der Waals surface area contributed by atoms with Gasteiger partial charge in [0.05, 0.1) is 6.61 Å². The van der Waals surface area contributed by atoms with Gasteiger partial charge < -0.3 is 15.4 Å². The van der Waals surface area contributed by atoms with Gasteiger partial charge in [0.2, 0.25) is 0 Å². The van der Waals surface area contributed by atoms with E-state index in [-0.39, 0.29) is 6.61 Å². The molecule has 0 saturated heterocycles. The van der Waals surface area contributed by atoms with Crippen molar-refractivity contribution in [2.45, 2.75) is 51.5 Å². The van der Waals surface area contributed by atoms with Crippen LogP contribution in [0.3, 0.4) is 0 Å². The Hall–Kier alpha value is -1.40. The third-order valence-corrected chi connectivity index (χ3v) is 3.87. The molecular formula is C14H25N5O. The monoisotopic (exact) mass is 279 g/mol. The number of hydrogen-bond donors (Lipinski definition) is 3. The molecule has 0 aliphatic heterocycles. The van der Waals surface area contributed by atoms with Gasteiger partial charge in [-0.05, 0) is 12.8 Å². The van der Waals surface area contributed by atoms with E-state index in [0.29, 0.717) is 18.4 Å². The highest BCUT2D eigenvalue weighted by Gasteiger charge is 2.22. The number of aryl methyl sites for hydroxylation is 1. The lowest BCUT2D eigenvalue weighted by molar-refractivity contribution is 0.289. The molecule has 112 valence electrons. The highest BCUT2D eigenvalue weighted by molar-refractivity contribution is 5.49. The number of aliphatic hydroxyl groups excluding tert-OH is 1. The number of hydrogen-bond acceptors (Lipinski definition) is 6. The number of hydrazine groups is 1. The van der Waals surface area contributed by atoms with Crippen LogP contribution in [0.15, 0.2) is 6.07 Å². The molecule has 0 amide bonds. The average molecular weight is 279 g/mol. The molecule has 0 unspecified atom stereocenters.